The van der Waals surface area contributed by atoms with E-state index in [9.17, 15) is 13.2 Å². The third kappa shape index (κ3) is 3.63. The molecule has 0 aliphatic carbocycles. The molecule has 76 valence electrons. The molecule has 1 aliphatic rings. The second-order valence-electron chi connectivity index (χ2n) is 3.09. The highest BCUT2D eigenvalue weighted by atomic mass is 19.4. The first-order valence-electron chi connectivity index (χ1n) is 4.06. The van der Waals surface area contributed by atoms with Crippen LogP contribution in [0.4, 0.5) is 13.2 Å². The minimum absolute atomic E-state index is 0.398. The van der Waals surface area contributed by atoms with E-state index in [-0.39, 0.29) is 0 Å². The van der Waals surface area contributed by atoms with E-state index in [2.05, 4.69) is 5.10 Å². The molecule has 1 aliphatic heterocycles. The van der Waals surface area contributed by atoms with E-state index < -0.39 is 12.7 Å². The third-order valence-corrected chi connectivity index (χ3v) is 2.02. The van der Waals surface area contributed by atoms with Gasteiger partial charge in [-0.1, -0.05) is 0 Å². The van der Waals surface area contributed by atoms with Crippen LogP contribution in [0.2, 0.25) is 0 Å². The van der Waals surface area contributed by atoms with E-state index in [1.54, 1.807) is 0 Å². The minimum atomic E-state index is -4.10. The lowest BCUT2D eigenvalue weighted by Crippen LogP contribution is -2.40. The monoisotopic (exact) mass is 195 g/mol. The van der Waals surface area contributed by atoms with Gasteiger partial charge in [0.15, 0.2) is 0 Å². The summed E-state index contributed by atoms with van der Waals surface area (Å²) < 4.78 is 35.8. The maximum Gasteiger partial charge on any atom is 0.401 e. The first-order chi connectivity index (χ1) is 6.01. The van der Waals surface area contributed by atoms with E-state index in [0.29, 0.717) is 25.9 Å². The lowest BCUT2D eigenvalue weighted by molar-refractivity contribution is -0.146. The summed E-state index contributed by atoms with van der Waals surface area (Å²) in [6.07, 6.45) is -3.00. The summed E-state index contributed by atoms with van der Waals surface area (Å²) in [5.74, 6) is 5.02. The van der Waals surface area contributed by atoms with Crippen molar-refractivity contribution in [1.29, 1.82) is 0 Å². The number of hydrogen-bond donors (Lipinski definition) is 1. The summed E-state index contributed by atoms with van der Waals surface area (Å²) in [5, 5.41) is 3.49. The number of piperidine rings is 1. The molecule has 1 saturated heterocycles. The van der Waals surface area contributed by atoms with Gasteiger partial charge in [0.2, 0.25) is 0 Å². The van der Waals surface area contributed by atoms with Crippen molar-refractivity contribution >= 4 is 5.71 Å². The van der Waals surface area contributed by atoms with Crippen molar-refractivity contribution in [2.45, 2.75) is 19.0 Å². The Labute approximate surface area is 74.4 Å². The Hall–Kier alpha value is -0.780. The quantitative estimate of drug-likeness (QED) is 0.500. The van der Waals surface area contributed by atoms with E-state index in [0.717, 1.165) is 5.71 Å². The standard InChI is InChI=1S/C7H12F3N3/c8-7(9,10)5-13-3-1-6(12-11)2-4-13/h1-5,11H2. The normalized spacial score (nSPS) is 20.4. The first-order valence-corrected chi connectivity index (χ1v) is 4.06. The fraction of sp³-hybridized carbons (Fsp3) is 0.857. The van der Waals surface area contributed by atoms with Gasteiger partial charge in [-0.3, -0.25) is 4.90 Å². The molecule has 2 N–H and O–H groups in total. The molecule has 1 heterocycles. The Morgan fingerprint density at radius 2 is 1.85 bits per heavy atom. The summed E-state index contributed by atoms with van der Waals surface area (Å²) in [7, 11) is 0. The van der Waals surface area contributed by atoms with Gasteiger partial charge in [-0.05, 0) is 0 Å². The van der Waals surface area contributed by atoms with Gasteiger partial charge in [-0.25, -0.2) is 0 Å². The molecule has 0 aromatic rings. The van der Waals surface area contributed by atoms with Crippen LogP contribution in [0.5, 0.6) is 0 Å². The van der Waals surface area contributed by atoms with Crippen LogP contribution in [0.25, 0.3) is 0 Å². The van der Waals surface area contributed by atoms with E-state index in [4.69, 9.17) is 5.84 Å². The zero-order valence-corrected chi connectivity index (χ0v) is 7.14. The summed E-state index contributed by atoms with van der Waals surface area (Å²) in [5.41, 5.74) is 0.804. The number of rotatable bonds is 1. The van der Waals surface area contributed by atoms with Gasteiger partial charge in [0.1, 0.15) is 0 Å². The van der Waals surface area contributed by atoms with Crippen molar-refractivity contribution in [3.05, 3.63) is 0 Å². The van der Waals surface area contributed by atoms with E-state index >= 15 is 0 Å². The summed E-state index contributed by atoms with van der Waals surface area (Å²) in [6.45, 7) is -0.0318. The second-order valence-corrected chi connectivity index (χ2v) is 3.09. The van der Waals surface area contributed by atoms with Crippen LogP contribution in [0.1, 0.15) is 12.8 Å². The minimum Gasteiger partial charge on any atom is -0.323 e. The van der Waals surface area contributed by atoms with Crippen LogP contribution in [0, 0.1) is 0 Å². The lowest BCUT2D eigenvalue weighted by atomic mass is 10.1. The molecule has 13 heavy (non-hydrogen) atoms. The maximum absolute atomic E-state index is 11.9. The van der Waals surface area contributed by atoms with Crippen LogP contribution < -0.4 is 5.84 Å². The van der Waals surface area contributed by atoms with Crippen molar-refractivity contribution in [3.63, 3.8) is 0 Å². The summed E-state index contributed by atoms with van der Waals surface area (Å²) in [6, 6.07) is 0. The molecule has 1 rings (SSSR count). The Morgan fingerprint density at radius 1 is 1.31 bits per heavy atom. The van der Waals surface area contributed by atoms with Crippen LogP contribution in [-0.4, -0.2) is 36.4 Å². The molecule has 0 aromatic carbocycles. The average molecular weight is 195 g/mol. The predicted octanol–water partition coefficient (Wildman–Crippen LogP) is 0.959. The average Bonchev–Trinajstić information content (AvgIpc) is 2.03. The van der Waals surface area contributed by atoms with Gasteiger partial charge < -0.3 is 5.84 Å². The van der Waals surface area contributed by atoms with Gasteiger partial charge in [0, 0.05) is 31.6 Å². The molecule has 0 amide bonds. The highest BCUT2D eigenvalue weighted by Crippen LogP contribution is 2.18. The molecule has 0 unspecified atom stereocenters. The highest BCUT2D eigenvalue weighted by Gasteiger charge is 2.31. The van der Waals surface area contributed by atoms with Crippen LogP contribution in [-0.2, 0) is 0 Å². The smallest absolute Gasteiger partial charge is 0.323 e. The molecule has 1 fully saturated rings. The fourth-order valence-corrected chi connectivity index (χ4v) is 1.35. The van der Waals surface area contributed by atoms with Crippen molar-refractivity contribution in [1.82, 2.24) is 4.90 Å². The Balaban J connectivity index is 2.33. The van der Waals surface area contributed by atoms with Gasteiger partial charge in [-0.2, -0.15) is 18.3 Å². The Bertz CT molecular complexity index is 190. The molecule has 0 atom stereocenters. The van der Waals surface area contributed by atoms with Gasteiger partial charge >= 0.3 is 6.18 Å². The van der Waals surface area contributed by atoms with Crippen LogP contribution >= 0.6 is 0 Å². The number of nitrogens with zero attached hydrogens (tertiary/aromatic N) is 2. The maximum atomic E-state index is 11.9. The molecule has 0 spiro atoms. The molecule has 0 saturated carbocycles. The third-order valence-electron chi connectivity index (χ3n) is 2.02. The number of alkyl halides is 3. The van der Waals surface area contributed by atoms with Crippen molar-refractivity contribution in [3.8, 4) is 0 Å². The molecular formula is C7H12F3N3. The topological polar surface area (TPSA) is 41.6 Å². The number of halogens is 3. The summed E-state index contributed by atoms with van der Waals surface area (Å²) >= 11 is 0. The van der Waals surface area contributed by atoms with Crippen LogP contribution in [0.15, 0.2) is 5.10 Å². The van der Waals surface area contributed by atoms with Crippen molar-refractivity contribution in [2.75, 3.05) is 19.6 Å². The molecule has 0 radical (unpaired) electrons. The molecular weight excluding hydrogens is 183 g/mol. The molecule has 0 bridgehead atoms. The Kier molecular flexibility index (Phi) is 3.13. The van der Waals surface area contributed by atoms with E-state index in [1.165, 1.54) is 4.90 Å². The number of hydrazone groups is 1. The van der Waals surface area contributed by atoms with Gasteiger partial charge in [0.25, 0.3) is 0 Å². The molecule has 3 nitrogen and oxygen atoms in total. The van der Waals surface area contributed by atoms with Gasteiger partial charge in [-0.15, -0.1) is 0 Å². The Morgan fingerprint density at radius 3 is 2.23 bits per heavy atom. The summed E-state index contributed by atoms with van der Waals surface area (Å²) in [4.78, 5) is 1.37. The van der Waals surface area contributed by atoms with Gasteiger partial charge in [0.05, 0.1) is 6.54 Å². The second kappa shape index (κ2) is 3.95. The fourth-order valence-electron chi connectivity index (χ4n) is 1.35. The van der Waals surface area contributed by atoms with Crippen molar-refractivity contribution in [2.24, 2.45) is 10.9 Å². The van der Waals surface area contributed by atoms with E-state index in [1.807, 2.05) is 0 Å². The highest BCUT2D eigenvalue weighted by molar-refractivity contribution is 5.85. The first kappa shape index (κ1) is 10.3. The largest absolute Gasteiger partial charge is 0.401 e. The number of likely N-dealkylation sites (tertiary alicyclic amines) is 1. The molecule has 6 heteroatoms. The molecule has 0 aromatic heterocycles. The number of nitrogens with two attached hydrogens (primary N) is 1. The van der Waals surface area contributed by atoms with Crippen molar-refractivity contribution < 1.29 is 13.2 Å². The SMILES string of the molecule is NN=C1CCN(CC(F)(F)F)CC1. The predicted molar refractivity (Wildman–Crippen MR) is 43.4 cm³/mol. The lowest BCUT2D eigenvalue weighted by Gasteiger charge is -2.27. The zero-order chi connectivity index (χ0) is 9.90. The number of hydrogen-bond acceptors (Lipinski definition) is 3. The van der Waals surface area contributed by atoms with Crippen LogP contribution in [0.3, 0.4) is 0 Å². The zero-order valence-electron chi connectivity index (χ0n) is 7.14.